The standard InChI is InChI=1S/C13H16O4/c1-9-4-2-5-10(8-9)12-13(17-12)16-7-3-6-11(14)15/h2,4-5,8,12-13H,3,6-7H2,1H3,(H,14,15). The maximum Gasteiger partial charge on any atom is 0.303 e. The molecule has 0 radical (unpaired) electrons. The second kappa shape index (κ2) is 5.29. The van der Waals surface area contributed by atoms with Crippen LogP contribution in [0.4, 0.5) is 0 Å². The van der Waals surface area contributed by atoms with Crippen molar-refractivity contribution in [2.75, 3.05) is 6.61 Å². The first-order valence-corrected chi connectivity index (χ1v) is 5.72. The molecule has 1 aliphatic rings. The van der Waals surface area contributed by atoms with E-state index in [0.717, 1.165) is 5.56 Å². The third kappa shape index (κ3) is 3.54. The molecule has 1 aromatic rings. The third-order valence-electron chi connectivity index (χ3n) is 2.64. The van der Waals surface area contributed by atoms with Crippen molar-refractivity contribution in [3.63, 3.8) is 0 Å². The molecule has 0 spiro atoms. The van der Waals surface area contributed by atoms with Crippen molar-refractivity contribution in [1.82, 2.24) is 0 Å². The minimum Gasteiger partial charge on any atom is -0.481 e. The van der Waals surface area contributed by atoms with Gasteiger partial charge in [0.2, 0.25) is 0 Å². The molecule has 0 aliphatic carbocycles. The van der Waals surface area contributed by atoms with E-state index in [2.05, 4.69) is 6.07 Å². The highest BCUT2D eigenvalue weighted by Gasteiger charge is 2.41. The number of hydrogen-bond donors (Lipinski definition) is 1. The van der Waals surface area contributed by atoms with Gasteiger partial charge < -0.3 is 14.6 Å². The van der Waals surface area contributed by atoms with E-state index >= 15 is 0 Å². The molecular weight excluding hydrogens is 220 g/mol. The number of carboxylic acids is 1. The Morgan fingerprint density at radius 3 is 3.06 bits per heavy atom. The van der Waals surface area contributed by atoms with Crippen LogP contribution < -0.4 is 0 Å². The van der Waals surface area contributed by atoms with Gasteiger partial charge in [0.15, 0.2) is 6.29 Å². The van der Waals surface area contributed by atoms with E-state index in [0.29, 0.717) is 13.0 Å². The Kier molecular flexibility index (Phi) is 3.76. The van der Waals surface area contributed by atoms with Crippen molar-refractivity contribution in [3.05, 3.63) is 35.4 Å². The minimum atomic E-state index is -0.791. The molecule has 2 atom stereocenters. The lowest BCUT2D eigenvalue weighted by atomic mass is 10.1. The SMILES string of the molecule is Cc1cccc(C2OC2OCCCC(=O)O)c1. The fourth-order valence-corrected chi connectivity index (χ4v) is 1.73. The number of benzene rings is 1. The van der Waals surface area contributed by atoms with Crippen molar-refractivity contribution in [2.45, 2.75) is 32.2 Å². The summed E-state index contributed by atoms with van der Waals surface area (Å²) < 4.78 is 10.8. The zero-order valence-electron chi connectivity index (χ0n) is 9.76. The summed E-state index contributed by atoms with van der Waals surface area (Å²) in [4.78, 5) is 10.3. The van der Waals surface area contributed by atoms with Gasteiger partial charge in [-0.3, -0.25) is 4.79 Å². The van der Waals surface area contributed by atoms with E-state index in [1.165, 1.54) is 5.56 Å². The normalized spacial score (nSPS) is 22.4. The van der Waals surface area contributed by atoms with Crippen LogP contribution in [0, 0.1) is 6.92 Å². The number of aryl methyl sites for hydroxylation is 1. The number of rotatable bonds is 6. The van der Waals surface area contributed by atoms with E-state index in [-0.39, 0.29) is 18.8 Å². The second-order valence-electron chi connectivity index (χ2n) is 4.21. The number of epoxide rings is 1. The van der Waals surface area contributed by atoms with Gasteiger partial charge in [-0.25, -0.2) is 0 Å². The molecule has 0 saturated carbocycles. The lowest BCUT2D eigenvalue weighted by Gasteiger charge is -1.99. The van der Waals surface area contributed by atoms with Gasteiger partial charge in [-0.15, -0.1) is 0 Å². The van der Waals surface area contributed by atoms with Gasteiger partial charge in [0.05, 0.1) is 6.61 Å². The zero-order valence-corrected chi connectivity index (χ0v) is 9.76. The molecule has 4 heteroatoms. The predicted molar refractivity (Wildman–Crippen MR) is 61.6 cm³/mol. The van der Waals surface area contributed by atoms with Crippen LogP contribution in [0.5, 0.6) is 0 Å². The Labute approximate surface area is 100 Å². The van der Waals surface area contributed by atoms with E-state index in [1.807, 2.05) is 25.1 Å². The van der Waals surface area contributed by atoms with Gasteiger partial charge in [0.1, 0.15) is 6.10 Å². The van der Waals surface area contributed by atoms with Gasteiger partial charge in [-0.05, 0) is 18.9 Å². The van der Waals surface area contributed by atoms with Gasteiger partial charge >= 0.3 is 5.97 Å². The molecule has 0 bridgehead atoms. The Morgan fingerprint density at radius 2 is 2.35 bits per heavy atom. The van der Waals surface area contributed by atoms with Gasteiger partial charge in [0, 0.05) is 6.42 Å². The molecule has 1 fully saturated rings. The molecule has 2 rings (SSSR count). The summed E-state index contributed by atoms with van der Waals surface area (Å²) in [5, 5.41) is 8.47. The first-order valence-electron chi connectivity index (χ1n) is 5.72. The summed E-state index contributed by atoms with van der Waals surface area (Å²) in [5.74, 6) is -0.791. The maximum atomic E-state index is 10.3. The maximum absolute atomic E-state index is 10.3. The summed E-state index contributed by atoms with van der Waals surface area (Å²) >= 11 is 0. The van der Waals surface area contributed by atoms with E-state index in [1.54, 1.807) is 0 Å². The molecule has 1 heterocycles. The average molecular weight is 236 g/mol. The largest absolute Gasteiger partial charge is 0.481 e. The van der Waals surface area contributed by atoms with E-state index in [4.69, 9.17) is 14.6 Å². The van der Waals surface area contributed by atoms with Gasteiger partial charge in [-0.2, -0.15) is 0 Å². The minimum absolute atomic E-state index is 0.0136. The van der Waals surface area contributed by atoms with E-state index in [9.17, 15) is 4.79 Å². The van der Waals surface area contributed by atoms with Crippen LogP contribution in [0.25, 0.3) is 0 Å². The van der Waals surface area contributed by atoms with Crippen molar-refractivity contribution < 1.29 is 19.4 Å². The van der Waals surface area contributed by atoms with Crippen LogP contribution in [-0.4, -0.2) is 24.0 Å². The van der Waals surface area contributed by atoms with Crippen molar-refractivity contribution >= 4 is 5.97 Å². The van der Waals surface area contributed by atoms with Crippen LogP contribution in [0.1, 0.15) is 30.1 Å². The van der Waals surface area contributed by atoms with Crippen molar-refractivity contribution in [1.29, 1.82) is 0 Å². The molecule has 0 aromatic heterocycles. The number of ether oxygens (including phenoxy) is 2. The lowest BCUT2D eigenvalue weighted by molar-refractivity contribution is -0.137. The van der Waals surface area contributed by atoms with Crippen LogP contribution in [-0.2, 0) is 14.3 Å². The smallest absolute Gasteiger partial charge is 0.303 e. The van der Waals surface area contributed by atoms with Crippen LogP contribution >= 0.6 is 0 Å². The molecule has 2 unspecified atom stereocenters. The number of aliphatic carboxylic acids is 1. The fourth-order valence-electron chi connectivity index (χ4n) is 1.73. The molecule has 0 amide bonds. The third-order valence-corrected chi connectivity index (χ3v) is 2.64. The molecule has 1 saturated heterocycles. The Balaban J connectivity index is 1.72. The van der Waals surface area contributed by atoms with Crippen LogP contribution in [0.2, 0.25) is 0 Å². The molecule has 4 nitrogen and oxygen atoms in total. The molecule has 1 aliphatic heterocycles. The second-order valence-corrected chi connectivity index (χ2v) is 4.21. The first kappa shape index (κ1) is 12.1. The Bertz CT molecular complexity index is 402. The topological polar surface area (TPSA) is 59.1 Å². The monoisotopic (exact) mass is 236 g/mol. The highest BCUT2D eigenvalue weighted by atomic mass is 16.8. The van der Waals surface area contributed by atoms with Crippen LogP contribution in [0.3, 0.4) is 0 Å². The molecule has 1 N–H and O–H groups in total. The number of hydrogen-bond acceptors (Lipinski definition) is 3. The molecule has 92 valence electrons. The highest BCUT2D eigenvalue weighted by molar-refractivity contribution is 5.66. The average Bonchev–Trinajstić information content (AvgIpc) is 3.04. The van der Waals surface area contributed by atoms with E-state index < -0.39 is 5.97 Å². The fraction of sp³-hybridized carbons (Fsp3) is 0.462. The summed E-state index contributed by atoms with van der Waals surface area (Å²) in [6.07, 6.45) is 0.475. The molecule has 17 heavy (non-hydrogen) atoms. The summed E-state index contributed by atoms with van der Waals surface area (Å²) in [5.41, 5.74) is 2.32. The summed E-state index contributed by atoms with van der Waals surface area (Å²) in [7, 11) is 0. The summed E-state index contributed by atoms with van der Waals surface area (Å²) in [6.45, 7) is 2.47. The summed E-state index contributed by atoms with van der Waals surface area (Å²) in [6, 6.07) is 8.12. The van der Waals surface area contributed by atoms with Crippen molar-refractivity contribution in [3.8, 4) is 0 Å². The Hall–Kier alpha value is -1.39. The lowest BCUT2D eigenvalue weighted by Crippen LogP contribution is -2.02. The quantitative estimate of drug-likeness (QED) is 0.608. The zero-order chi connectivity index (χ0) is 12.3. The molecule has 1 aromatic carbocycles. The highest BCUT2D eigenvalue weighted by Crippen LogP contribution is 2.39. The van der Waals surface area contributed by atoms with Gasteiger partial charge in [-0.1, -0.05) is 29.8 Å². The number of carboxylic acid groups (broad SMARTS) is 1. The molecular formula is C13H16O4. The van der Waals surface area contributed by atoms with Crippen molar-refractivity contribution in [2.24, 2.45) is 0 Å². The predicted octanol–water partition coefficient (Wildman–Crippen LogP) is 2.27. The van der Waals surface area contributed by atoms with Crippen LogP contribution in [0.15, 0.2) is 24.3 Å². The first-order chi connectivity index (χ1) is 8.16. The Morgan fingerprint density at radius 1 is 1.53 bits per heavy atom. The van der Waals surface area contributed by atoms with Gasteiger partial charge in [0.25, 0.3) is 0 Å². The number of carbonyl (C=O) groups is 1.